The van der Waals surface area contributed by atoms with Crippen molar-refractivity contribution in [3.63, 3.8) is 0 Å². The van der Waals surface area contributed by atoms with Crippen LogP contribution in [0.1, 0.15) is 57.1 Å². The average Bonchev–Trinajstić information content (AvgIpc) is 2.88. The monoisotopic (exact) mass is 482 g/mol. The van der Waals surface area contributed by atoms with E-state index < -0.39 is 0 Å². The van der Waals surface area contributed by atoms with Crippen molar-refractivity contribution in [3.05, 3.63) is 65.5 Å². The maximum atomic E-state index is 13.8. The van der Waals surface area contributed by atoms with Crippen LogP contribution in [0.5, 0.6) is 5.75 Å². The number of likely N-dealkylation sites (tertiary alicyclic amines) is 1. The molecule has 0 aliphatic carbocycles. The Kier molecular flexibility index (Phi) is 9.16. The van der Waals surface area contributed by atoms with Crippen LogP contribution in [0.2, 0.25) is 0 Å². The lowest BCUT2D eigenvalue weighted by Crippen LogP contribution is -2.57. The lowest BCUT2D eigenvalue weighted by molar-refractivity contribution is -0.142. The Morgan fingerprint density at radius 3 is 2.40 bits per heavy atom. The van der Waals surface area contributed by atoms with Gasteiger partial charge in [0.25, 0.3) is 0 Å². The summed E-state index contributed by atoms with van der Waals surface area (Å²) in [6.45, 7) is 7.97. The second-order valence-corrected chi connectivity index (χ2v) is 10.2. The third-order valence-electron chi connectivity index (χ3n) is 6.98. The van der Waals surface area contributed by atoms with Crippen molar-refractivity contribution in [3.8, 4) is 5.75 Å². The molecule has 2 aromatic carbocycles. The van der Waals surface area contributed by atoms with Gasteiger partial charge in [0.15, 0.2) is 0 Å². The number of piperidine rings is 1. The van der Waals surface area contributed by atoms with Gasteiger partial charge in [-0.25, -0.2) is 4.39 Å². The van der Waals surface area contributed by atoms with E-state index in [0.29, 0.717) is 31.5 Å². The molecule has 0 spiro atoms. The van der Waals surface area contributed by atoms with E-state index in [-0.39, 0.29) is 17.9 Å². The summed E-state index contributed by atoms with van der Waals surface area (Å²) in [4.78, 5) is 18.4. The van der Waals surface area contributed by atoms with Crippen LogP contribution >= 0.6 is 0 Å². The van der Waals surface area contributed by atoms with Gasteiger partial charge in [-0.15, -0.1) is 0 Å². The van der Waals surface area contributed by atoms with Crippen molar-refractivity contribution in [2.75, 3.05) is 26.4 Å². The summed E-state index contributed by atoms with van der Waals surface area (Å²) in [5, 5.41) is 0. The molecule has 0 N–H and O–H groups in total. The summed E-state index contributed by atoms with van der Waals surface area (Å²) in [5.74, 6) is 1.14. The molecule has 1 amide bonds. The first-order valence-electron chi connectivity index (χ1n) is 13.1. The maximum absolute atomic E-state index is 13.8. The highest BCUT2D eigenvalue weighted by Crippen LogP contribution is 2.29. The van der Waals surface area contributed by atoms with Gasteiger partial charge in [0.1, 0.15) is 11.6 Å². The summed E-state index contributed by atoms with van der Waals surface area (Å²) in [6.07, 6.45) is 5.64. The number of nitrogens with zero attached hydrogens (tertiary/aromatic N) is 2. The van der Waals surface area contributed by atoms with Crippen molar-refractivity contribution in [1.29, 1.82) is 0 Å². The lowest BCUT2D eigenvalue weighted by atomic mass is 9.98. The van der Waals surface area contributed by atoms with Gasteiger partial charge in [-0.2, -0.15) is 0 Å². The largest absolute Gasteiger partial charge is 0.493 e. The van der Waals surface area contributed by atoms with Crippen LogP contribution in [0, 0.1) is 11.7 Å². The van der Waals surface area contributed by atoms with Gasteiger partial charge >= 0.3 is 0 Å². The topological polar surface area (TPSA) is 42.0 Å². The molecule has 2 fully saturated rings. The molecule has 0 saturated carbocycles. The number of ether oxygens (including phenoxy) is 2. The van der Waals surface area contributed by atoms with Crippen molar-refractivity contribution in [2.45, 2.75) is 71.1 Å². The maximum Gasteiger partial charge on any atom is 0.228 e. The molecule has 2 aliphatic rings. The second-order valence-electron chi connectivity index (χ2n) is 10.2. The number of rotatable bonds is 9. The molecule has 2 saturated heterocycles. The van der Waals surface area contributed by atoms with Crippen LogP contribution in [0.15, 0.2) is 48.5 Å². The molecule has 2 heterocycles. The van der Waals surface area contributed by atoms with Crippen molar-refractivity contribution < 1.29 is 18.7 Å². The van der Waals surface area contributed by atoms with E-state index >= 15 is 0 Å². The fourth-order valence-corrected chi connectivity index (χ4v) is 5.10. The molecule has 0 bridgehead atoms. The third-order valence-corrected chi connectivity index (χ3v) is 6.98. The summed E-state index contributed by atoms with van der Waals surface area (Å²) < 4.78 is 25.0. The number of carbonyl (C=O) groups is 1. The minimum atomic E-state index is -0.257. The predicted octanol–water partition coefficient (Wildman–Crippen LogP) is 5.42. The SMILES string of the molecule is CC(C)COc1ccc(CC(=O)N(Cc2ccc(F)cc2)C2CCCCN2C2CCOCC2)cc1. The van der Waals surface area contributed by atoms with Crippen LogP contribution in [0.4, 0.5) is 4.39 Å². The van der Waals surface area contributed by atoms with Gasteiger partial charge < -0.3 is 14.4 Å². The number of hydrogen-bond donors (Lipinski definition) is 0. The van der Waals surface area contributed by atoms with Crippen LogP contribution in [0.3, 0.4) is 0 Å². The Morgan fingerprint density at radius 2 is 1.71 bits per heavy atom. The Balaban J connectivity index is 1.52. The summed E-state index contributed by atoms with van der Waals surface area (Å²) in [7, 11) is 0. The lowest BCUT2D eigenvalue weighted by Gasteiger charge is -2.47. The van der Waals surface area contributed by atoms with Crippen LogP contribution < -0.4 is 4.74 Å². The summed E-state index contributed by atoms with van der Waals surface area (Å²) in [6, 6.07) is 14.8. The molecular weight excluding hydrogens is 443 g/mol. The highest BCUT2D eigenvalue weighted by Gasteiger charge is 2.35. The van der Waals surface area contributed by atoms with E-state index in [1.165, 1.54) is 12.1 Å². The van der Waals surface area contributed by atoms with Gasteiger partial charge in [0.2, 0.25) is 5.91 Å². The molecule has 5 nitrogen and oxygen atoms in total. The molecule has 2 aromatic rings. The zero-order valence-electron chi connectivity index (χ0n) is 21.1. The summed E-state index contributed by atoms with van der Waals surface area (Å²) >= 11 is 0. The fourth-order valence-electron chi connectivity index (χ4n) is 5.10. The van der Waals surface area contributed by atoms with Gasteiger partial charge in [0.05, 0.1) is 19.2 Å². The molecule has 2 aliphatic heterocycles. The molecule has 1 atom stereocenters. The molecule has 35 heavy (non-hydrogen) atoms. The van der Waals surface area contributed by atoms with Gasteiger partial charge in [0, 0.05) is 32.3 Å². The van der Waals surface area contributed by atoms with E-state index in [9.17, 15) is 9.18 Å². The van der Waals surface area contributed by atoms with E-state index in [4.69, 9.17) is 9.47 Å². The number of halogens is 1. The highest BCUT2D eigenvalue weighted by molar-refractivity contribution is 5.79. The standard InChI is InChI=1S/C29H39FN2O3/c1-22(2)21-35-27-12-8-23(9-13-27)19-29(33)32(20-24-6-10-25(30)11-7-24)28-5-3-4-16-31(28)26-14-17-34-18-15-26/h6-13,22,26,28H,3-5,14-21H2,1-2H3. The van der Waals surface area contributed by atoms with Crippen LogP contribution in [-0.2, 0) is 22.5 Å². The number of carbonyl (C=O) groups excluding carboxylic acids is 1. The number of hydrogen-bond acceptors (Lipinski definition) is 4. The second kappa shape index (κ2) is 12.5. The first kappa shape index (κ1) is 25.6. The number of amides is 1. The first-order valence-corrected chi connectivity index (χ1v) is 13.1. The molecule has 0 aromatic heterocycles. The van der Waals surface area contributed by atoms with Crippen molar-refractivity contribution >= 4 is 5.91 Å². The smallest absolute Gasteiger partial charge is 0.228 e. The molecule has 1 unspecified atom stereocenters. The Labute approximate surface area is 209 Å². The summed E-state index contributed by atoms with van der Waals surface area (Å²) in [5.41, 5.74) is 1.93. The minimum Gasteiger partial charge on any atom is -0.493 e. The minimum absolute atomic E-state index is 0.0538. The van der Waals surface area contributed by atoms with E-state index in [1.807, 2.05) is 29.2 Å². The van der Waals surface area contributed by atoms with Gasteiger partial charge in [-0.05, 0) is 73.4 Å². The van der Waals surface area contributed by atoms with Crippen molar-refractivity contribution in [2.24, 2.45) is 5.92 Å². The highest BCUT2D eigenvalue weighted by atomic mass is 19.1. The van der Waals surface area contributed by atoms with Gasteiger partial charge in [-0.3, -0.25) is 9.69 Å². The van der Waals surface area contributed by atoms with E-state index in [2.05, 4.69) is 18.7 Å². The van der Waals surface area contributed by atoms with E-state index in [0.717, 1.165) is 68.7 Å². The van der Waals surface area contributed by atoms with E-state index in [1.54, 1.807) is 12.1 Å². The Morgan fingerprint density at radius 1 is 1.03 bits per heavy atom. The molecule has 0 radical (unpaired) electrons. The van der Waals surface area contributed by atoms with Crippen LogP contribution in [0.25, 0.3) is 0 Å². The zero-order valence-corrected chi connectivity index (χ0v) is 21.1. The molecule has 6 heteroatoms. The van der Waals surface area contributed by atoms with Crippen LogP contribution in [-0.4, -0.2) is 54.3 Å². The third kappa shape index (κ3) is 7.28. The average molecular weight is 483 g/mol. The fraction of sp³-hybridized carbons (Fsp3) is 0.552. The molecule has 190 valence electrons. The Bertz CT molecular complexity index is 926. The normalized spacial score (nSPS) is 19.6. The molecule has 4 rings (SSSR count). The zero-order chi connectivity index (χ0) is 24.6. The Hall–Kier alpha value is -2.44. The van der Waals surface area contributed by atoms with Crippen molar-refractivity contribution in [1.82, 2.24) is 9.80 Å². The molecular formula is C29H39FN2O3. The first-order chi connectivity index (χ1) is 17.0. The number of benzene rings is 2. The predicted molar refractivity (Wildman–Crippen MR) is 136 cm³/mol. The quantitative estimate of drug-likeness (QED) is 0.478. The van der Waals surface area contributed by atoms with Gasteiger partial charge in [-0.1, -0.05) is 38.1 Å².